The van der Waals surface area contributed by atoms with Crippen molar-refractivity contribution in [1.29, 1.82) is 0 Å². The molecule has 0 aliphatic rings. The fourth-order valence-electron chi connectivity index (χ4n) is 8.14. The van der Waals surface area contributed by atoms with Crippen LogP contribution in [0.2, 0.25) is 0 Å². The Kier molecular flexibility index (Phi) is 33.6. The summed E-state index contributed by atoms with van der Waals surface area (Å²) in [6.07, 6.45) is 10.0. The van der Waals surface area contributed by atoms with Gasteiger partial charge in [-0.1, -0.05) is 152 Å². The highest BCUT2D eigenvalue weighted by Gasteiger charge is 2.20. The van der Waals surface area contributed by atoms with E-state index in [9.17, 15) is 24.0 Å². The maximum atomic E-state index is 13.2. The molecule has 0 aromatic heterocycles. The molecule has 12 nitrogen and oxygen atoms in total. The van der Waals surface area contributed by atoms with Crippen molar-refractivity contribution in [2.45, 2.75) is 134 Å². The number of para-hydroxylation sites is 1. The van der Waals surface area contributed by atoms with Crippen LogP contribution >= 0.6 is 0 Å². The molecule has 4 amide bonds. The monoisotopic (exact) mass is 1010 g/mol. The Morgan fingerprint density at radius 3 is 1.51 bits per heavy atom. The van der Waals surface area contributed by atoms with Crippen molar-refractivity contribution in [3.8, 4) is 16.9 Å². The van der Waals surface area contributed by atoms with Gasteiger partial charge in [-0.25, -0.2) is 0 Å². The standard InChI is InChI=1S/C30H44N2O2.C15H23NO2.C10H13NO.C6H13NO2/c1-5-9-15-23(7-3)21-31-29(33)27-19-13-11-17-25(27)26-18-12-14-20-28(26)30(34)32-22-24(8-4)16-10-6-2;1-5-13-10-12(4)8-9-14(13)18-11-15(17)16(6-2)7-3;1-3-11(9(2)12)10-7-5-4-6-8-10;1-5(6(8)9)4-7(2)3/h11-14,17-20,23-24H,5-10,15-16,21-22H2,1-4H3,(H,31,33)(H,32,34);8-10H,5-7,11H2,1-4H3;4-8H,3H2,1-2H3;5H,4H2,1-3H3,(H,8,9). The van der Waals surface area contributed by atoms with Crippen LogP contribution in [-0.4, -0.2) is 104 Å². The lowest BCUT2D eigenvalue weighted by Gasteiger charge is -2.19. The molecule has 404 valence electrons. The minimum absolute atomic E-state index is 0.0441. The molecular formula is C61H93N5O7. The zero-order valence-corrected chi connectivity index (χ0v) is 47.0. The molecule has 73 heavy (non-hydrogen) atoms. The van der Waals surface area contributed by atoms with E-state index in [1.54, 1.807) is 23.6 Å². The van der Waals surface area contributed by atoms with Gasteiger partial charge in [0, 0.05) is 63.0 Å². The van der Waals surface area contributed by atoms with Gasteiger partial charge in [-0.05, 0) is 120 Å². The van der Waals surface area contributed by atoms with E-state index in [0.29, 0.717) is 42.6 Å². The van der Waals surface area contributed by atoms with E-state index in [0.717, 1.165) is 79.9 Å². The van der Waals surface area contributed by atoms with Crippen LogP contribution in [0.4, 0.5) is 5.69 Å². The third-order valence-electron chi connectivity index (χ3n) is 12.7. The number of carbonyl (C=O) groups excluding carboxylic acids is 4. The summed E-state index contributed by atoms with van der Waals surface area (Å²) in [4.78, 5) is 64.8. The van der Waals surface area contributed by atoms with E-state index < -0.39 is 5.97 Å². The molecule has 0 aliphatic carbocycles. The number of carboxylic acid groups (broad SMARTS) is 1. The van der Waals surface area contributed by atoms with Crippen molar-refractivity contribution in [1.82, 2.24) is 20.4 Å². The van der Waals surface area contributed by atoms with Crippen molar-refractivity contribution in [2.24, 2.45) is 17.8 Å². The Bertz CT molecular complexity index is 2120. The fourth-order valence-corrected chi connectivity index (χ4v) is 8.14. The van der Waals surface area contributed by atoms with Gasteiger partial charge in [0.05, 0.1) is 5.92 Å². The SMILES string of the molecule is CC(CN(C)C)C(=O)O.CCCCC(CC)CNC(=O)c1ccccc1-c1ccccc1C(=O)NCC(CC)CCCC.CCN(C(C)=O)c1ccccc1.CCc1cc(C)ccc1OCC(=O)N(CC)CC. The molecule has 0 heterocycles. The Morgan fingerprint density at radius 2 is 1.12 bits per heavy atom. The van der Waals surface area contributed by atoms with Crippen LogP contribution < -0.4 is 20.3 Å². The number of hydrogen-bond donors (Lipinski definition) is 3. The molecule has 4 aromatic carbocycles. The Morgan fingerprint density at radius 1 is 0.644 bits per heavy atom. The lowest BCUT2D eigenvalue weighted by Crippen LogP contribution is -2.34. The number of carbonyl (C=O) groups is 5. The van der Waals surface area contributed by atoms with Crippen LogP contribution in [0.25, 0.3) is 11.1 Å². The number of hydrogen-bond acceptors (Lipinski definition) is 7. The minimum Gasteiger partial charge on any atom is -0.483 e. The number of rotatable bonds is 26. The van der Waals surface area contributed by atoms with Crippen LogP contribution in [0.5, 0.6) is 5.75 Å². The molecule has 0 bridgehead atoms. The number of amides is 4. The predicted octanol–water partition coefficient (Wildman–Crippen LogP) is 12.4. The largest absolute Gasteiger partial charge is 0.483 e. The van der Waals surface area contributed by atoms with Crippen molar-refractivity contribution in [3.63, 3.8) is 0 Å². The second-order valence-corrected chi connectivity index (χ2v) is 18.8. The molecule has 4 rings (SSSR count). The number of likely N-dealkylation sites (N-methyl/N-ethyl adjacent to an activating group) is 1. The van der Waals surface area contributed by atoms with Crippen molar-refractivity contribution in [2.75, 3.05) is 64.9 Å². The minimum atomic E-state index is -0.733. The van der Waals surface area contributed by atoms with Crippen LogP contribution in [0, 0.1) is 24.7 Å². The second-order valence-electron chi connectivity index (χ2n) is 18.8. The van der Waals surface area contributed by atoms with E-state index in [2.05, 4.69) is 58.2 Å². The van der Waals surface area contributed by atoms with Crippen LogP contribution in [0.15, 0.2) is 97.1 Å². The molecule has 0 fully saturated rings. The Balaban J connectivity index is 0.000000564. The first-order chi connectivity index (χ1) is 35.0. The van der Waals surface area contributed by atoms with Crippen molar-refractivity contribution in [3.05, 3.63) is 119 Å². The van der Waals surface area contributed by atoms with Crippen molar-refractivity contribution >= 4 is 35.3 Å². The lowest BCUT2D eigenvalue weighted by atomic mass is 9.94. The number of aryl methyl sites for hydroxylation is 2. The average molecular weight is 1010 g/mol. The quantitative estimate of drug-likeness (QED) is 0.0563. The smallest absolute Gasteiger partial charge is 0.307 e. The van der Waals surface area contributed by atoms with Gasteiger partial charge >= 0.3 is 5.97 Å². The summed E-state index contributed by atoms with van der Waals surface area (Å²) in [5, 5.41) is 14.7. The summed E-state index contributed by atoms with van der Waals surface area (Å²) in [5.74, 6) is 0.790. The number of aliphatic carboxylic acids is 1. The van der Waals surface area contributed by atoms with Gasteiger partial charge in [0.25, 0.3) is 17.7 Å². The lowest BCUT2D eigenvalue weighted by molar-refractivity contribution is -0.141. The maximum absolute atomic E-state index is 13.2. The van der Waals surface area contributed by atoms with E-state index in [-0.39, 0.29) is 36.2 Å². The molecule has 3 N–H and O–H groups in total. The summed E-state index contributed by atoms with van der Waals surface area (Å²) >= 11 is 0. The molecule has 4 aromatic rings. The van der Waals surface area contributed by atoms with E-state index in [1.807, 2.05) is 131 Å². The van der Waals surface area contributed by atoms with Crippen LogP contribution in [0.3, 0.4) is 0 Å². The van der Waals surface area contributed by atoms with Crippen LogP contribution in [-0.2, 0) is 20.8 Å². The topological polar surface area (TPSA) is 149 Å². The molecule has 0 aliphatic heterocycles. The zero-order chi connectivity index (χ0) is 54.7. The molecule has 12 heteroatoms. The molecule has 0 saturated carbocycles. The number of nitrogens with one attached hydrogen (secondary N) is 2. The Labute approximate surface area is 440 Å². The first-order valence-electron chi connectivity index (χ1n) is 26.9. The van der Waals surface area contributed by atoms with Gasteiger partial charge in [-0.2, -0.15) is 0 Å². The van der Waals surface area contributed by atoms with Gasteiger partial charge in [0.15, 0.2) is 6.61 Å². The predicted molar refractivity (Wildman–Crippen MR) is 303 cm³/mol. The third-order valence-corrected chi connectivity index (χ3v) is 12.7. The number of ether oxygens (including phenoxy) is 1. The molecule has 3 atom stereocenters. The first kappa shape index (κ1) is 65.0. The molecule has 0 spiro atoms. The summed E-state index contributed by atoms with van der Waals surface area (Å²) in [5.41, 5.74) is 6.16. The molecular weight excluding hydrogens is 915 g/mol. The summed E-state index contributed by atoms with van der Waals surface area (Å²) < 4.78 is 5.64. The normalized spacial score (nSPS) is 11.7. The van der Waals surface area contributed by atoms with E-state index >= 15 is 0 Å². The van der Waals surface area contributed by atoms with Crippen molar-refractivity contribution < 1.29 is 33.8 Å². The van der Waals surface area contributed by atoms with Gasteiger partial charge in [-0.3, -0.25) is 24.0 Å². The van der Waals surface area contributed by atoms with Crippen LogP contribution in [0.1, 0.15) is 152 Å². The number of benzene rings is 4. The van der Waals surface area contributed by atoms with Gasteiger partial charge in [-0.15, -0.1) is 0 Å². The second kappa shape index (κ2) is 37.7. The van der Waals surface area contributed by atoms with E-state index in [4.69, 9.17) is 9.84 Å². The number of nitrogens with zero attached hydrogens (tertiary/aromatic N) is 3. The van der Waals surface area contributed by atoms with Gasteiger partial charge in [0.1, 0.15) is 5.75 Å². The highest BCUT2D eigenvalue weighted by molar-refractivity contribution is 6.06. The maximum Gasteiger partial charge on any atom is 0.307 e. The summed E-state index contributed by atoms with van der Waals surface area (Å²) in [6, 6.07) is 30.9. The molecule has 0 radical (unpaired) electrons. The number of carboxylic acids is 1. The number of anilines is 1. The van der Waals surface area contributed by atoms with Gasteiger partial charge < -0.3 is 35.2 Å². The van der Waals surface area contributed by atoms with Gasteiger partial charge in [0.2, 0.25) is 5.91 Å². The average Bonchev–Trinajstić information content (AvgIpc) is 3.39. The highest BCUT2D eigenvalue weighted by atomic mass is 16.5. The Hall–Kier alpha value is -6.01. The number of unbranched alkanes of at least 4 members (excludes halogenated alkanes) is 2. The first-order valence-corrected chi connectivity index (χ1v) is 26.9. The highest BCUT2D eigenvalue weighted by Crippen LogP contribution is 2.28. The van der Waals surface area contributed by atoms with E-state index in [1.165, 1.54) is 31.2 Å². The molecule has 3 unspecified atom stereocenters. The third kappa shape index (κ3) is 25.0. The summed E-state index contributed by atoms with van der Waals surface area (Å²) in [6.45, 7) is 26.4. The zero-order valence-electron chi connectivity index (χ0n) is 47.0. The molecule has 0 saturated heterocycles. The fraction of sp³-hybridized carbons (Fsp3) is 0.525. The summed E-state index contributed by atoms with van der Waals surface area (Å²) in [7, 11) is 3.72.